The van der Waals surface area contributed by atoms with E-state index in [0.29, 0.717) is 11.4 Å². The molecular formula is C18H28ClN3O2. The highest BCUT2D eigenvalue weighted by Gasteiger charge is 2.37. The predicted molar refractivity (Wildman–Crippen MR) is 100 cm³/mol. The number of anilines is 2. The van der Waals surface area contributed by atoms with Crippen LogP contribution in [0.15, 0.2) is 24.3 Å². The van der Waals surface area contributed by atoms with Crippen LogP contribution in [0, 0.1) is 11.8 Å². The summed E-state index contributed by atoms with van der Waals surface area (Å²) in [6.45, 7) is 5.63. The molecule has 1 fully saturated rings. The quantitative estimate of drug-likeness (QED) is 0.773. The van der Waals surface area contributed by atoms with Crippen molar-refractivity contribution in [2.45, 2.75) is 52.0 Å². The fourth-order valence-corrected chi connectivity index (χ4v) is 2.98. The molecule has 2 unspecified atom stereocenters. The van der Waals surface area contributed by atoms with Crippen LogP contribution >= 0.6 is 12.4 Å². The number of hydrogen-bond donors (Lipinski definition) is 3. The van der Waals surface area contributed by atoms with E-state index < -0.39 is 5.54 Å². The zero-order chi connectivity index (χ0) is 17.0. The molecule has 0 heterocycles. The summed E-state index contributed by atoms with van der Waals surface area (Å²) in [5.74, 6) is -0.351. The van der Waals surface area contributed by atoms with E-state index in [1.807, 2.05) is 39.0 Å². The number of carbonyl (C=O) groups is 2. The lowest BCUT2D eigenvalue weighted by atomic mass is 9.74. The molecule has 1 aliphatic carbocycles. The molecule has 24 heavy (non-hydrogen) atoms. The largest absolute Gasteiger partial charge is 0.326 e. The molecule has 134 valence electrons. The molecular weight excluding hydrogens is 326 g/mol. The van der Waals surface area contributed by atoms with Crippen LogP contribution in [0.5, 0.6) is 0 Å². The van der Waals surface area contributed by atoms with Gasteiger partial charge in [0.1, 0.15) is 0 Å². The molecule has 5 nitrogen and oxygen atoms in total. The molecule has 1 saturated carbocycles. The summed E-state index contributed by atoms with van der Waals surface area (Å²) in [4.78, 5) is 24.3. The topological polar surface area (TPSA) is 84.2 Å². The summed E-state index contributed by atoms with van der Waals surface area (Å²) in [5.41, 5.74) is 7.20. The number of halogens is 1. The van der Waals surface area contributed by atoms with Crippen LogP contribution in [0.2, 0.25) is 0 Å². The zero-order valence-corrected chi connectivity index (χ0v) is 15.4. The lowest BCUT2D eigenvalue weighted by Gasteiger charge is -2.37. The Kier molecular flexibility index (Phi) is 7.24. The van der Waals surface area contributed by atoms with Gasteiger partial charge in [-0.2, -0.15) is 0 Å². The Labute approximate surface area is 150 Å². The van der Waals surface area contributed by atoms with Crippen LogP contribution in [-0.4, -0.2) is 17.4 Å². The first-order chi connectivity index (χ1) is 10.8. The van der Waals surface area contributed by atoms with Gasteiger partial charge in [0.25, 0.3) is 0 Å². The van der Waals surface area contributed by atoms with Gasteiger partial charge < -0.3 is 16.4 Å². The Morgan fingerprint density at radius 1 is 1.21 bits per heavy atom. The first kappa shape index (κ1) is 20.5. The number of benzene rings is 1. The summed E-state index contributed by atoms with van der Waals surface area (Å²) >= 11 is 0. The molecule has 0 aliphatic heterocycles. The molecule has 6 heteroatoms. The highest BCUT2D eigenvalue weighted by atomic mass is 35.5. The fraction of sp³-hybridized carbons (Fsp3) is 0.556. The molecule has 0 bridgehead atoms. The van der Waals surface area contributed by atoms with Crippen molar-refractivity contribution in [2.75, 3.05) is 10.6 Å². The number of carbonyl (C=O) groups excluding carboxylic acids is 2. The Hall–Kier alpha value is -1.59. The van der Waals surface area contributed by atoms with Gasteiger partial charge in [-0.15, -0.1) is 12.4 Å². The van der Waals surface area contributed by atoms with Gasteiger partial charge in [0.15, 0.2) is 0 Å². The standard InChI is InChI=1S/C18H27N3O2.ClH/c1-12(2)16(22)20-13-7-6-8-14(11-13)21-17(23)15-9-4-5-10-18(15,3)19;/h6-8,11-12,15H,4-5,9-10,19H2,1-3H3,(H,20,22)(H,21,23);1H. The second kappa shape index (κ2) is 8.49. The molecule has 2 atom stereocenters. The molecule has 2 amide bonds. The van der Waals surface area contributed by atoms with E-state index in [4.69, 9.17) is 5.73 Å². The van der Waals surface area contributed by atoms with E-state index in [2.05, 4.69) is 10.6 Å². The number of amides is 2. The van der Waals surface area contributed by atoms with Gasteiger partial charge in [-0.3, -0.25) is 9.59 Å². The van der Waals surface area contributed by atoms with Gasteiger partial charge in [0.05, 0.1) is 5.92 Å². The summed E-state index contributed by atoms with van der Waals surface area (Å²) in [5, 5.41) is 5.78. The average Bonchev–Trinajstić information content (AvgIpc) is 2.46. The number of nitrogens with one attached hydrogen (secondary N) is 2. The van der Waals surface area contributed by atoms with Crippen molar-refractivity contribution in [3.8, 4) is 0 Å². The highest BCUT2D eigenvalue weighted by molar-refractivity contribution is 5.96. The molecule has 4 N–H and O–H groups in total. The van der Waals surface area contributed by atoms with E-state index in [1.165, 1.54) is 0 Å². The maximum atomic E-state index is 12.5. The van der Waals surface area contributed by atoms with Crippen LogP contribution in [-0.2, 0) is 9.59 Å². The molecule has 2 rings (SSSR count). The molecule has 0 radical (unpaired) electrons. The Morgan fingerprint density at radius 3 is 2.42 bits per heavy atom. The Balaban J connectivity index is 0.00000288. The third-order valence-electron chi connectivity index (χ3n) is 4.49. The first-order valence-corrected chi connectivity index (χ1v) is 8.30. The van der Waals surface area contributed by atoms with Gasteiger partial charge >= 0.3 is 0 Å². The molecule has 0 saturated heterocycles. The van der Waals surface area contributed by atoms with Crippen LogP contribution < -0.4 is 16.4 Å². The van der Waals surface area contributed by atoms with E-state index in [0.717, 1.165) is 25.7 Å². The Bertz CT molecular complexity index is 587. The van der Waals surface area contributed by atoms with Gasteiger partial charge in [0.2, 0.25) is 11.8 Å². The summed E-state index contributed by atoms with van der Waals surface area (Å²) in [6.07, 6.45) is 3.81. The van der Waals surface area contributed by atoms with E-state index >= 15 is 0 Å². The lowest BCUT2D eigenvalue weighted by Crippen LogP contribution is -2.51. The van der Waals surface area contributed by atoms with Crippen LogP contribution in [0.1, 0.15) is 46.5 Å². The van der Waals surface area contributed by atoms with Crippen molar-refractivity contribution >= 4 is 35.6 Å². The van der Waals surface area contributed by atoms with Gasteiger partial charge in [-0.05, 0) is 38.0 Å². The van der Waals surface area contributed by atoms with Crippen molar-refractivity contribution in [1.82, 2.24) is 0 Å². The van der Waals surface area contributed by atoms with E-state index in [1.54, 1.807) is 6.07 Å². The van der Waals surface area contributed by atoms with Gasteiger partial charge in [0, 0.05) is 22.8 Å². The van der Waals surface area contributed by atoms with Crippen molar-refractivity contribution < 1.29 is 9.59 Å². The zero-order valence-electron chi connectivity index (χ0n) is 14.6. The fourth-order valence-electron chi connectivity index (χ4n) is 2.98. The van der Waals surface area contributed by atoms with Crippen molar-refractivity contribution in [3.05, 3.63) is 24.3 Å². The van der Waals surface area contributed by atoms with Crippen molar-refractivity contribution in [3.63, 3.8) is 0 Å². The van der Waals surface area contributed by atoms with Crippen LogP contribution in [0.3, 0.4) is 0 Å². The number of hydrogen-bond acceptors (Lipinski definition) is 3. The van der Waals surface area contributed by atoms with Crippen molar-refractivity contribution in [1.29, 1.82) is 0 Å². The minimum Gasteiger partial charge on any atom is -0.326 e. The second-order valence-corrected chi connectivity index (χ2v) is 7.02. The number of rotatable bonds is 4. The highest BCUT2D eigenvalue weighted by Crippen LogP contribution is 2.32. The summed E-state index contributed by atoms with van der Waals surface area (Å²) in [7, 11) is 0. The third kappa shape index (κ3) is 5.21. The average molecular weight is 354 g/mol. The van der Waals surface area contributed by atoms with Crippen LogP contribution in [0.4, 0.5) is 11.4 Å². The second-order valence-electron chi connectivity index (χ2n) is 7.02. The lowest BCUT2D eigenvalue weighted by molar-refractivity contribution is -0.123. The minimum atomic E-state index is -0.453. The number of nitrogens with two attached hydrogens (primary N) is 1. The minimum absolute atomic E-state index is 0. The molecule has 1 aromatic carbocycles. The SMILES string of the molecule is CC(C)C(=O)Nc1cccc(NC(=O)C2CCCCC2(C)N)c1.Cl. The maximum absolute atomic E-state index is 12.5. The normalized spacial score (nSPS) is 23.3. The van der Waals surface area contributed by atoms with Gasteiger partial charge in [-0.25, -0.2) is 0 Å². The maximum Gasteiger partial charge on any atom is 0.229 e. The summed E-state index contributed by atoms with van der Waals surface area (Å²) in [6, 6.07) is 7.21. The molecule has 1 aromatic rings. The van der Waals surface area contributed by atoms with Crippen molar-refractivity contribution in [2.24, 2.45) is 17.6 Å². The monoisotopic (exact) mass is 353 g/mol. The smallest absolute Gasteiger partial charge is 0.229 e. The molecule has 1 aliphatic rings. The third-order valence-corrected chi connectivity index (χ3v) is 4.49. The molecule has 0 spiro atoms. The van der Waals surface area contributed by atoms with E-state index in [9.17, 15) is 9.59 Å². The van der Waals surface area contributed by atoms with Gasteiger partial charge in [-0.1, -0.05) is 32.8 Å². The van der Waals surface area contributed by atoms with E-state index in [-0.39, 0.29) is 36.1 Å². The first-order valence-electron chi connectivity index (χ1n) is 8.30. The Morgan fingerprint density at radius 2 is 1.83 bits per heavy atom. The predicted octanol–water partition coefficient (Wildman–Crippen LogP) is 3.55. The molecule has 0 aromatic heterocycles. The summed E-state index contributed by atoms with van der Waals surface area (Å²) < 4.78 is 0. The van der Waals surface area contributed by atoms with Crippen LogP contribution in [0.25, 0.3) is 0 Å².